The number of para-hydroxylation sites is 1. The molecule has 5 nitrogen and oxygen atoms in total. The number of carbonyl (C=O) groups is 1. The van der Waals surface area contributed by atoms with Crippen LogP contribution in [-0.2, 0) is 0 Å². The molecule has 0 aliphatic rings. The number of nitrogens with zero attached hydrogens (tertiary/aromatic N) is 1. The Morgan fingerprint density at radius 3 is 2.32 bits per heavy atom. The van der Waals surface area contributed by atoms with Crippen LogP contribution in [0, 0.1) is 0 Å². The van der Waals surface area contributed by atoms with Crippen molar-refractivity contribution in [3.05, 3.63) is 54.1 Å². The topological polar surface area (TPSA) is 53.6 Å². The fourth-order valence-corrected chi connectivity index (χ4v) is 2.17. The summed E-state index contributed by atoms with van der Waals surface area (Å²) in [5.41, 5.74) is 2.17. The maximum atomic E-state index is 12.6. The molecule has 0 saturated heterocycles. The number of hydrogen-bond donors (Lipinski definition) is 2. The van der Waals surface area contributed by atoms with Crippen LogP contribution in [0.3, 0.4) is 0 Å². The zero-order valence-corrected chi connectivity index (χ0v) is 15.6. The lowest BCUT2D eigenvalue weighted by Gasteiger charge is -2.32. The largest absolute Gasteiger partial charge is 0.497 e. The predicted molar refractivity (Wildman–Crippen MR) is 103 cm³/mol. The summed E-state index contributed by atoms with van der Waals surface area (Å²) in [7, 11) is 5.65. The van der Waals surface area contributed by atoms with E-state index in [0.717, 1.165) is 17.1 Å². The smallest absolute Gasteiger partial charge is 0.253 e. The average molecular weight is 341 g/mol. The Balaban J connectivity index is 2.12. The minimum Gasteiger partial charge on any atom is -0.497 e. The number of likely N-dealkylation sites (N-methyl/N-ethyl adjacent to an activating group) is 1. The highest BCUT2D eigenvalue weighted by atomic mass is 16.5. The fourth-order valence-electron chi connectivity index (χ4n) is 2.17. The van der Waals surface area contributed by atoms with E-state index >= 15 is 0 Å². The Kier molecular flexibility index (Phi) is 6.04. The third kappa shape index (κ3) is 4.97. The summed E-state index contributed by atoms with van der Waals surface area (Å²) in [6, 6.07) is 15.1. The zero-order valence-electron chi connectivity index (χ0n) is 15.6. The number of carbonyl (C=O) groups excluding carboxylic acids is 1. The Labute approximate surface area is 150 Å². The normalized spacial score (nSPS) is 11.3. The van der Waals surface area contributed by atoms with E-state index in [9.17, 15) is 4.79 Å². The maximum absolute atomic E-state index is 12.6. The van der Waals surface area contributed by atoms with Gasteiger partial charge in [-0.1, -0.05) is 12.1 Å². The van der Waals surface area contributed by atoms with Gasteiger partial charge < -0.3 is 20.3 Å². The van der Waals surface area contributed by atoms with Crippen molar-refractivity contribution in [3.8, 4) is 5.75 Å². The number of methoxy groups -OCH3 is 1. The van der Waals surface area contributed by atoms with E-state index in [1.165, 1.54) is 0 Å². The van der Waals surface area contributed by atoms with Crippen LogP contribution >= 0.6 is 0 Å². The van der Waals surface area contributed by atoms with Crippen LogP contribution < -0.4 is 15.4 Å². The lowest BCUT2D eigenvalue weighted by molar-refractivity contribution is 0.0920. The van der Waals surface area contributed by atoms with Crippen LogP contribution in [0.1, 0.15) is 24.2 Å². The molecule has 0 aromatic heterocycles. The first-order valence-electron chi connectivity index (χ1n) is 8.29. The van der Waals surface area contributed by atoms with E-state index in [4.69, 9.17) is 4.74 Å². The summed E-state index contributed by atoms with van der Waals surface area (Å²) in [5.74, 6) is 0.703. The predicted octanol–water partition coefficient (Wildman–Crippen LogP) is 3.51. The van der Waals surface area contributed by atoms with Gasteiger partial charge in [0.2, 0.25) is 0 Å². The molecule has 0 saturated carbocycles. The second-order valence-electron chi connectivity index (χ2n) is 6.79. The fraction of sp³-hybridized carbons (Fsp3) is 0.350. The van der Waals surface area contributed by atoms with Crippen molar-refractivity contribution in [1.82, 2.24) is 10.2 Å². The lowest BCUT2D eigenvalue weighted by Crippen LogP contribution is -2.48. The molecule has 2 aromatic carbocycles. The quantitative estimate of drug-likeness (QED) is 0.809. The van der Waals surface area contributed by atoms with Gasteiger partial charge in [-0.2, -0.15) is 0 Å². The SMILES string of the molecule is COc1ccc(Nc2ccccc2C(=O)NCC(C)(C)N(C)C)cc1. The van der Waals surface area contributed by atoms with Gasteiger partial charge in [0.15, 0.2) is 0 Å². The van der Waals surface area contributed by atoms with E-state index in [1.54, 1.807) is 7.11 Å². The zero-order chi connectivity index (χ0) is 18.4. The average Bonchev–Trinajstić information content (AvgIpc) is 2.61. The molecule has 2 rings (SSSR count). The number of nitrogens with one attached hydrogen (secondary N) is 2. The van der Waals surface area contributed by atoms with Gasteiger partial charge in [0.25, 0.3) is 5.91 Å². The second kappa shape index (κ2) is 8.03. The van der Waals surface area contributed by atoms with Crippen LogP contribution in [-0.4, -0.2) is 44.1 Å². The second-order valence-corrected chi connectivity index (χ2v) is 6.79. The highest BCUT2D eigenvalue weighted by Crippen LogP contribution is 2.23. The molecule has 0 fully saturated rings. The number of rotatable bonds is 7. The van der Waals surface area contributed by atoms with E-state index in [2.05, 4.69) is 29.4 Å². The van der Waals surface area contributed by atoms with Gasteiger partial charge in [-0.15, -0.1) is 0 Å². The van der Waals surface area contributed by atoms with Crippen molar-refractivity contribution in [2.45, 2.75) is 19.4 Å². The van der Waals surface area contributed by atoms with Gasteiger partial charge in [0.1, 0.15) is 5.75 Å². The molecule has 5 heteroatoms. The minimum atomic E-state index is -0.117. The van der Waals surface area contributed by atoms with Crippen molar-refractivity contribution in [2.75, 3.05) is 33.1 Å². The summed E-state index contributed by atoms with van der Waals surface area (Å²) in [6.45, 7) is 4.75. The molecule has 0 atom stereocenters. The first-order valence-corrected chi connectivity index (χ1v) is 8.29. The van der Waals surface area contributed by atoms with E-state index in [0.29, 0.717) is 12.1 Å². The van der Waals surface area contributed by atoms with Crippen molar-refractivity contribution >= 4 is 17.3 Å². The first kappa shape index (κ1) is 18.8. The van der Waals surface area contributed by atoms with Gasteiger partial charge in [-0.3, -0.25) is 4.79 Å². The highest BCUT2D eigenvalue weighted by molar-refractivity contribution is 6.00. The molecule has 0 spiro atoms. The molecule has 0 aliphatic heterocycles. The van der Waals surface area contributed by atoms with Gasteiger partial charge >= 0.3 is 0 Å². The van der Waals surface area contributed by atoms with Crippen LogP contribution in [0.25, 0.3) is 0 Å². The van der Waals surface area contributed by atoms with Crippen molar-refractivity contribution in [1.29, 1.82) is 0 Å². The van der Waals surface area contributed by atoms with Crippen LogP contribution in [0.4, 0.5) is 11.4 Å². The molecule has 0 unspecified atom stereocenters. The van der Waals surface area contributed by atoms with Gasteiger partial charge in [0.05, 0.1) is 18.4 Å². The standard InChI is InChI=1S/C20H27N3O2/c1-20(2,23(3)4)14-21-19(24)17-8-6-7-9-18(17)22-15-10-12-16(25-5)13-11-15/h6-13,22H,14H2,1-5H3,(H,21,24). The Morgan fingerprint density at radius 1 is 1.08 bits per heavy atom. The number of benzene rings is 2. The minimum absolute atomic E-state index is 0.0912. The Morgan fingerprint density at radius 2 is 1.72 bits per heavy atom. The molecular formula is C20H27N3O2. The number of ether oxygens (including phenoxy) is 1. The van der Waals surface area contributed by atoms with E-state index < -0.39 is 0 Å². The van der Waals surface area contributed by atoms with Crippen molar-refractivity contribution < 1.29 is 9.53 Å². The first-order chi connectivity index (χ1) is 11.8. The molecule has 2 aromatic rings. The summed E-state index contributed by atoms with van der Waals surface area (Å²) >= 11 is 0. The third-order valence-corrected chi connectivity index (χ3v) is 4.43. The summed E-state index contributed by atoms with van der Waals surface area (Å²) < 4.78 is 5.17. The van der Waals surface area contributed by atoms with Crippen LogP contribution in [0.5, 0.6) is 5.75 Å². The monoisotopic (exact) mass is 341 g/mol. The summed E-state index contributed by atoms with van der Waals surface area (Å²) in [5, 5.41) is 6.32. The summed E-state index contributed by atoms with van der Waals surface area (Å²) in [4.78, 5) is 14.7. The van der Waals surface area contributed by atoms with Crippen molar-refractivity contribution in [2.24, 2.45) is 0 Å². The molecule has 0 aliphatic carbocycles. The molecule has 1 amide bonds. The molecule has 0 radical (unpaired) electrons. The highest BCUT2D eigenvalue weighted by Gasteiger charge is 2.22. The molecule has 2 N–H and O–H groups in total. The Hall–Kier alpha value is -2.53. The lowest BCUT2D eigenvalue weighted by atomic mass is 10.0. The number of hydrogen-bond acceptors (Lipinski definition) is 4. The molecular weight excluding hydrogens is 314 g/mol. The van der Waals surface area contributed by atoms with E-state index in [-0.39, 0.29) is 11.4 Å². The maximum Gasteiger partial charge on any atom is 0.253 e. The number of anilines is 2. The molecule has 0 heterocycles. The van der Waals surface area contributed by atoms with Gasteiger partial charge in [-0.25, -0.2) is 0 Å². The third-order valence-electron chi connectivity index (χ3n) is 4.43. The van der Waals surface area contributed by atoms with Gasteiger partial charge in [-0.05, 0) is 64.3 Å². The van der Waals surface area contributed by atoms with Crippen LogP contribution in [0.2, 0.25) is 0 Å². The molecule has 25 heavy (non-hydrogen) atoms. The molecule has 0 bridgehead atoms. The Bertz CT molecular complexity index is 709. The van der Waals surface area contributed by atoms with E-state index in [1.807, 2.05) is 62.6 Å². The summed E-state index contributed by atoms with van der Waals surface area (Å²) in [6.07, 6.45) is 0. The van der Waals surface area contributed by atoms with Crippen molar-refractivity contribution in [3.63, 3.8) is 0 Å². The van der Waals surface area contributed by atoms with Crippen LogP contribution in [0.15, 0.2) is 48.5 Å². The number of amides is 1. The molecule has 134 valence electrons. The van der Waals surface area contributed by atoms with Gasteiger partial charge in [0, 0.05) is 17.8 Å².